The van der Waals surface area contributed by atoms with Gasteiger partial charge in [-0.3, -0.25) is 14.9 Å². The first-order chi connectivity index (χ1) is 10.5. The Balaban J connectivity index is 2.00. The number of aromatic nitrogens is 2. The molecule has 3 N–H and O–H groups in total. The number of nitro groups is 1. The van der Waals surface area contributed by atoms with Crippen molar-refractivity contribution >= 4 is 34.4 Å². The van der Waals surface area contributed by atoms with Crippen molar-refractivity contribution < 1.29 is 9.72 Å². The number of carbonyl (C=O) groups excluding carboxylic acids is 1. The zero-order valence-corrected chi connectivity index (χ0v) is 12.0. The van der Waals surface area contributed by atoms with Crippen LogP contribution in [0.3, 0.4) is 0 Å². The van der Waals surface area contributed by atoms with Gasteiger partial charge in [-0.1, -0.05) is 12.1 Å². The predicted molar refractivity (Wildman–Crippen MR) is 81.8 cm³/mol. The number of aromatic amines is 1. The van der Waals surface area contributed by atoms with E-state index in [0.29, 0.717) is 10.1 Å². The molecule has 0 saturated carbocycles. The van der Waals surface area contributed by atoms with Gasteiger partial charge in [-0.15, -0.1) is 0 Å². The Kier molecular flexibility index (Phi) is 3.51. The molecular formula is C14H10N4O3S. The molecule has 3 aromatic rings. The monoisotopic (exact) mass is 314 g/mol. The molecule has 22 heavy (non-hydrogen) atoms. The van der Waals surface area contributed by atoms with E-state index in [1.165, 1.54) is 18.2 Å². The fourth-order valence-corrected chi connectivity index (χ4v) is 2.87. The van der Waals surface area contributed by atoms with Crippen LogP contribution >= 0.6 is 11.8 Å². The van der Waals surface area contributed by atoms with Gasteiger partial charge in [0, 0.05) is 11.6 Å². The fourth-order valence-electron chi connectivity index (χ4n) is 1.98. The largest absolute Gasteiger partial charge is 0.366 e. The SMILES string of the molecule is NC(=O)c1ccc(Sc2nc3ccccc3[nH]2)c([N+](=O)[O-])c1. The molecule has 0 aliphatic carbocycles. The normalized spacial score (nSPS) is 10.7. The molecule has 0 aliphatic heterocycles. The first-order valence-corrected chi connectivity index (χ1v) is 7.07. The summed E-state index contributed by atoms with van der Waals surface area (Å²) in [5.74, 6) is -0.705. The number of fused-ring (bicyclic) bond motifs is 1. The van der Waals surface area contributed by atoms with Crippen LogP contribution in [0.15, 0.2) is 52.5 Å². The van der Waals surface area contributed by atoms with Crippen molar-refractivity contribution in [2.24, 2.45) is 5.73 Å². The number of rotatable bonds is 4. The lowest BCUT2D eigenvalue weighted by molar-refractivity contribution is -0.387. The zero-order chi connectivity index (χ0) is 15.7. The summed E-state index contributed by atoms with van der Waals surface area (Å²) < 4.78 is 0. The number of nitrogens with zero attached hydrogens (tertiary/aromatic N) is 2. The minimum absolute atomic E-state index is 0.0978. The molecule has 0 atom stereocenters. The number of nitro benzene ring substituents is 1. The van der Waals surface area contributed by atoms with Crippen molar-refractivity contribution in [3.05, 3.63) is 58.1 Å². The number of primary amides is 1. The number of nitrogens with two attached hydrogens (primary N) is 1. The molecule has 0 saturated heterocycles. The Labute approximate surface area is 128 Å². The Bertz CT molecular complexity index is 858. The first kappa shape index (κ1) is 14.1. The van der Waals surface area contributed by atoms with E-state index in [2.05, 4.69) is 9.97 Å². The van der Waals surface area contributed by atoms with Gasteiger partial charge >= 0.3 is 0 Å². The smallest absolute Gasteiger partial charge is 0.284 e. The minimum atomic E-state index is -0.705. The lowest BCUT2D eigenvalue weighted by Crippen LogP contribution is -2.11. The molecule has 3 rings (SSSR count). The number of carbonyl (C=O) groups is 1. The van der Waals surface area contributed by atoms with Crippen LogP contribution in [-0.2, 0) is 0 Å². The van der Waals surface area contributed by atoms with Gasteiger partial charge in [-0.2, -0.15) is 0 Å². The number of amides is 1. The highest BCUT2D eigenvalue weighted by molar-refractivity contribution is 7.99. The zero-order valence-electron chi connectivity index (χ0n) is 11.1. The third kappa shape index (κ3) is 2.63. The number of nitrogens with one attached hydrogen (secondary N) is 1. The average Bonchev–Trinajstić information content (AvgIpc) is 2.89. The van der Waals surface area contributed by atoms with Gasteiger partial charge in [0.15, 0.2) is 5.16 Å². The number of H-pyrrole nitrogens is 1. The van der Waals surface area contributed by atoms with Crippen molar-refractivity contribution in [1.82, 2.24) is 9.97 Å². The van der Waals surface area contributed by atoms with E-state index in [0.717, 1.165) is 22.8 Å². The Morgan fingerprint density at radius 2 is 2.05 bits per heavy atom. The van der Waals surface area contributed by atoms with Crippen molar-refractivity contribution in [2.45, 2.75) is 10.1 Å². The lowest BCUT2D eigenvalue weighted by Gasteiger charge is -2.02. The van der Waals surface area contributed by atoms with E-state index in [1.54, 1.807) is 0 Å². The minimum Gasteiger partial charge on any atom is -0.366 e. The molecule has 0 unspecified atom stereocenters. The van der Waals surface area contributed by atoms with Crippen LogP contribution in [0.2, 0.25) is 0 Å². The van der Waals surface area contributed by atoms with Gasteiger partial charge in [-0.25, -0.2) is 4.98 Å². The highest BCUT2D eigenvalue weighted by Crippen LogP contribution is 2.34. The van der Waals surface area contributed by atoms with E-state index in [1.807, 2.05) is 24.3 Å². The molecule has 1 aromatic heterocycles. The van der Waals surface area contributed by atoms with Crippen LogP contribution in [0.25, 0.3) is 11.0 Å². The van der Waals surface area contributed by atoms with Crippen LogP contribution in [-0.4, -0.2) is 20.8 Å². The third-order valence-corrected chi connectivity index (χ3v) is 3.97. The molecule has 0 spiro atoms. The number of para-hydroxylation sites is 2. The molecule has 0 radical (unpaired) electrons. The summed E-state index contributed by atoms with van der Waals surface area (Å²) in [7, 11) is 0. The summed E-state index contributed by atoms with van der Waals surface area (Å²) in [5, 5.41) is 11.7. The van der Waals surface area contributed by atoms with E-state index < -0.39 is 10.8 Å². The van der Waals surface area contributed by atoms with Gasteiger partial charge in [0.25, 0.3) is 5.69 Å². The van der Waals surface area contributed by atoms with Gasteiger partial charge in [-0.05, 0) is 36.0 Å². The molecule has 1 heterocycles. The number of hydrogen-bond acceptors (Lipinski definition) is 5. The van der Waals surface area contributed by atoms with Crippen molar-refractivity contribution in [3.8, 4) is 0 Å². The molecule has 2 aromatic carbocycles. The number of hydrogen-bond donors (Lipinski definition) is 2. The topological polar surface area (TPSA) is 115 Å². The second kappa shape index (κ2) is 5.49. The van der Waals surface area contributed by atoms with Gasteiger partial charge in [0.05, 0.1) is 20.9 Å². The summed E-state index contributed by atoms with van der Waals surface area (Å²) >= 11 is 1.13. The van der Waals surface area contributed by atoms with E-state index >= 15 is 0 Å². The first-order valence-electron chi connectivity index (χ1n) is 6.25. The van der Waals surface area contributed by atoms with Gasteiger partial charge in [0.2, 0.25) is 5.91 Å². The summed E-state index contributed by atoms with van der Waals surface area (Å²) in [6.07, 6.45) is 0. The molecule has 0 fully saturated rings. The maximum Gasteiger partial charge on any atom is 0.284 e. The third-order valence-electron chi connectivity index (χ3n) is 3.01. The van der Waals surface area contributed by atoms with E-state index in [9.17, 15) is 14.9 Å². The van der Waals surface area contributed by atoms with Gasteiger partial charge < -0.3 is 10.7 Å². The summed E-state index contributed by atoms with van der Waals surface area (Å²) in [6, 6.07) is 11.6. The summed E-state index contributed by atoms with van der Waals surface area (Å²) in [4.78, 5) is 29.6. The van der Waals surface area contributed by atoms with Crippen molar-refractivity contribution in [1.29, 1.82) is 0 Å². The fraction of sp³-hybridized carbons (Fsp3) is 0. The molecule has 110 valence electrons. The maximum absolute atomic E-state index is 11.2. The standard InChI is InChI=1S/C14H10N4O3S/c15-13(19)8-5-6-12(11(7-8)18(20)21)22-14-16-9-3-1-2-4-10(9)17-14/h1-7H,(H2,15,19)(H,16,17). The maximum atomic E-state index is 11.2. The van der Waals surface area contributed by atoms with Crippen molar-refractivity contribution in [2.75, 3.05) is 0 Å². The molecule has 0 bridgehead atoms. The summed E-state index contributed by atoms with van der Waals surface area (Å²) in [5.41, 5.74) is 6.70. The van der Waals surface area contributed by atoms with E-state index in [-0.39, 0.29) is 11.3 Å². The predicted octanol–water partition coefficient (Wildman–Crippen LogP) is 2.72. The number of benzene rings is 2. The quantitative estimate of drug-likeness (QED) is 0.567. The molecule has 7 nitrogen and oxygen atoms in total. The molecular weight excluding hydrogens is 304 g/mol. The van der Waals surface area contributed by atoms with Crippen LogP contribution in [0.4, 0.5) is 5.69 Å². The highest BCUT2D eigenvalue weighted by Gasteiger charge is 2.18. The van der Waals surface area contributed by atoms with Gasteiger partial charge in [0.1, 0.15) is 0 Å². The second-order valence-corrected chi connectivity index (χ2v) is 5.50. The average molecular weight is 314 g/mol. The van der Waals surface area contributed by atoms with Crippen LogP contribution in [0.5, 0.6) is 0 Å². The molecule has 0 aliphatic rings. The summed E-state index contributed by atoms with van der Waals surface area (Å²) in [6.45, 7) is 0. The lowest BCUT2D eigenvalue weighted by atomic mass is 10.2. The van der Waals surface area contributed by atoms with Crippen LogP contribution < -0.4 is 5.73 Å². The van der Waals surface area contributed by atoms with E-state index in [4.69, 9.17) is 5.73 Å². The molecule has 8 heteroatoms. The Morgan fingerprint density at radius 1 is 1.27 bits per heavy atom. The second-order valence-electron chi connectivity index (χ2n) is 4.47. The molecule has 1 amide bonds. The highest BCUT2D eigenvalue weighted by atomic mass is 32.2. The Morgan fingerprint density at radius 3 is 2.73 bits per heavy atom. The number of imidazole rings is 1. The van der Waals surface area contributed by atoms with Crippen LogP contribution in [0.1, 0.15) is 10.4 Å². The van der Waals surface area contributed by atoms with Crippen LogP contribution in [0, 0.1) is 10.1 Å². The van der Waals surface area contributed by atoms with Crippen molar-refractivity contribution in [3.63, 3.8) is 0 Å². The Hall–Kier alpha value is -2.87.